The Bertz CT molecular complexity index is 1140. The largest absolute Gasteiger partial charge is 0.504 e. The molecule has 6 heteroatoms. The van der Waals surface area contributed by atoms with Crippen LogP contribution in [0.1, 0.15) is 36.4 Å². The first-order chi connectivity index (χ1) is 15.5. The number of hydrogen-bond donors (Lipinski definition) is 1. The molecule has 166 valence electrons. The number of phenolic OH excluding ortho intramolecular Hbond substituents is 1. The van der Waals surface area contributed by atoms with Crippen LogP contribution in [0, 0.1) is 0 Å². The topological polar surface area (TPSA) is 74.0 Å². The van der Waals surface area contributed by atoms with Gasteiger partial charge in [0, 0.05) is 6.07 Å². The third-order valence-electron chi connectivity index (χ3n) is 4.56. The number of rotatable bonds is 9. The predicted molar refractivity (Wildman–Crippen MR) is 127 cm³/mol. The van der Waals surface area contributed by atoms with Crippen molar-refractivity contribution in [2.24, 2.45) is 0 Å². The van der Waals surface area contributed by atoms with Crippen molar-refractivity contribution in [1.82, 2.24) is 5.16 Å². The molecular weight excluding hydrogens is 406 g/mol. The van der Waals surface area contributed by atoms with E-state index >= 15 is 0 Å². The Labute approximate surface area is 188 Å². The van der Waals surface area contributed by atoms with Crippen LogP contribution in [-0.2, 0) is 0 Å². The standard InChI is InChI=1S/C26H27NO5/c1-18(2)13-14-31-24-12-8-20(16-26(24)30-4)6-10-22-17-21(27-32-22)9-5-19-7-11-23(28)25(15-19)29-3/h5-13,15-17,28H,14H2,1-4H3/b9-5+,10-6+. The number of phenols is 1. The van der Waals surface area contributed by atoms with Crippen molar-refractivity contribution in [2.45, 2.75) is 13.8 Å². The number of aromatic hydroxyl groups is 1. The van der Waals surface area contributed by atoms with Crippen molar-refractivity contribution in [3.05, 3.63) is 76.7 Å². The number of benzene rings is 2. The van der Waals surface area contributed by atoms with Gasteiger partial charge in [0.1, 0.15) is 12.3 Å². The SMILES string of the molecule is COc1cc(/C=C/c2cc(/C=C/c3ccc(OCC=C(C)C)c(OC)c3)on2)ccc1O. The second-order valence-electron chi connectivity index (χ2n) is 7.25. The highest BCUT2D eigenvalue weighted by Gasteiger charge is 2.05. The summed E-state index contributed by atoms with van der Waals surface area (Å²) >= 11 is 0. The van der Waals surface area contributed by atoms with Crippen molar-refractivity contribution < 1.29 is 23.8 Å². The van der Waals surface area contributed by atoms with Gasteiger partial charge in [-0.15, -0.1) is 0 Å². The van der Waals surface area contributed by atoms with Crippen LogP contribution in [0.3, 0.4) is 0 Å². The first-order valence-corrected chi connectivity index (χ1v) is 10.1. The lowest BCUT2D eigenvalue weighted by molar-refractivity contribution is 0.325. The van der Waals surface area contributed by atoms with E-state index < -0.39 is 0 Å². The molecule has 1 heterocycles. The van der Waals surface area contributed by atoms with E-state index in [1.54, 1.807) is 25.3 Å². The fourth-order valence-corrected chi connectivity index (χ4v) is 2.82. The summed E-state index contributed by atoms with van der Waals surface area (Å²) < 4.78 is 21.7. The molecule has 0 bridgehead atoms. The van der Waals surface area contributed by atoms with Crippen LogP contribution >= 0.6 is 0 Å². The number of methoxy groups -OCH3 is 2. The maximum atomic E-state index is 9.68. The summed E-state index contributed by atoms with van der Waals surface area (Å²) in [5, 5.41) is 13.7. The highest BCUT2D eigenvalue weighted by molar-refractivity contribution is 5.72. The second-order valence-corrected chi connectivity index (χ2v) is 7.25. The Balaban J connectivity index is 1.67. The zero-order valence-electron chi connectivity index (χ0n) is 18.7. The van der Waals surface area contributed by atoms with Gasteiger partial charge in [0.15, 0.2) is 28.8 Å². The van der Waals surface area contributed by atoms with Gasteiger partial charge in [0.25, 0.3) is 0 Å². The number of nitrogens with zero attached hydrogens (tertiary/aromatic N) is 1. The molecule has 2 aromatic carbocycles. The summed E-state index contributed by atoms with van der Waals surface area (Å²) in [4.78, 5) is 0. The van der Waals surface area contributed by atoms with Gasteiger partial charge >= 0.3 is 0 Å². The zero-order chi connectivity index (χ0) is 22.9. The summed E-state index contributed by atoms with van der Waals surface area (Å²) in [5.41, 5.74) is 3.70. The van der Waals surface area contributed by atoms with Crippen LogP contribution in [0.15, 0.2) is 58.6 Å². The fraction of sp³-hybridized carbons (Fsp3) is 0.192. The molecule has 0 aliphatic rings. The average molecular weight is 434 g/mol. The molecule has 32 heavy (non-hydrogen) atoms. The van der Waals surface area contributed by atoms with E-state index in [1.165, 1.54) is 12.7 Å². The molecule has 0 spiro atoms. The molecule has 0 aliphatic carbocycles. The molecule has 0 unspecified atom stereocenters. The Morgan fingerprint density at radius 3 is 2.28 bits per heavy atom. The van der Waals surface area contributed by atoms with Gasteiger partial charge in [-0.25, -0.2) is 0 Å². The Morgan fingerprint density at radius 2 is 1.56 bits per heavy atom. The molecule has 0 fully saturated rings. The molecule has 1 N–H and O–H groups in total. The van der Waals surface area contributed by atoms with Gasteiger partial charge in [0.2, 0.25) is 0 Å². The Hall–Kier alpha value is -3.93. The third kappa shape index (κ3) is 6.28. The minimum atomic E-state index is 0.0997. The van der Waals surface area contributed by atoms with Crippen molar-refractivity contribution in [3.8, 4) is 23.0 Å². The van der Waals surface area contributed by atoms with Crippen molar-refractivity contribution in [1.29, 1.82) is 0 Å². The molecule has 0 radical (unpaired) electrons. The number of allylic oxidation sites excluding steroid dienone is 1. The first-order valence-electron chi connectivity index (χ1n) is 10.1. The minimum Gasteiger partial charge on any atom is -0.504 e. The normalized spacial score (nSPS) is 11.1. The van der Waals surface area contributed by atoms with Crippen LogP contribution in [0.25, 0.3) is 24.3 Å². The van der Waals surface area contributed by atoms with Crippen LogP contribution in [-0.4, -0.2) is 31.1 Å². The Morgan fingerprint density at radius 1 is 0.875 bits per heavy atom. The average Bonchev–Trinajstić information content (AvgIpc) is 3.25. The second kappa shape index (κ2) is 10.9. The van der Waals surface area contributed by atoms with Crippen LogP contribution in [0.4, 0.5) is 0 Å². The lowest BCUT2D eigenvalue weighted by atomic mass is 10.1. The summed E-state index contributed by atoms with van der Waals surface area (Å²) in [6, 6.07) is 12.7. The number of aromatic nitrogens is 1. The monoisotopic (exact) mass is 433 g/mol. The van der Waals surface area contributed by atoms with E-state index in [2.05, 4.69) is 5.16 Å². The molecule has 6 nitrogen and oxygen atoms in total. The molecular formula is C26H27NO5. The highest BCUT2D eigenvalue weighted by Crippen LogP contribution is 2.29. The third-order valence-corrected chi connectivity index (χ3v) is 4.56. The van der Waals surface area contributed by atoms with Crippen molar-refractivity contribution in [3.63, 3.8) is 0 Å². The van der Waals surface area contributed by atoms with E-state index in [9.17, 15) is 5.11 Å². The minimum absolute atomic E-state index is 0.0997. The van der Waals surface area contributed by atoms with Gasteiger partial charge < -0.3 is 23.8 Å². The summed E-state index contributed by atoms with van der Waals surface area (Å²) in [7, 11) is 3.13. The van der Waals surface area contributed by atoms with E-state index in [1.807, 2.05) is 68.5 Å². The summed E-state index contributed by atoms with van der Waals surface area (Å²) in [6.07, 6.45) is 9.47. The van der Waals surface area contributed by atoms with Gasteiger partial charge in [-0.1, -0.05) is 35.0 Å². The number of hydrogen-bond acceptors (Lipinski definition) is 6. The zero-order valence-corrected chi connectivity index (χ0v) is 18.7. The molecule has 0 amide bonds. The van der Waals surface area contributed by atoms with Crippen LogP contribution < -0.4 is 14.2 Å². The van der Waals surface area contributed by atoms with E-state index in [4.69, 9.17) is 18.7 Å². The molecule has 0 aliphatic heterocycles. The van der Waals surface area contributed by atoms with Crippen LogP contribution in [0.5, 0.6) is 23.0 Å². The fourth-order valence-electron chi connectivity index (χ4n) is 2.82. The molecule has 3 aromatic rings. The smallest absolute Gasteiger partial charge is 0.161 e. The highest BCUT2D eigenvalue weighted by atomic mass is 16.5. The van der Waals surface area contributed by atoms with Crippen molar-refractivity contribution >= 4 is 24.3 Å². The van der Waals surface area contributed by atoms with Gasteiger partial charge in [-0.05, 0) is 67.5 Å². The summed E-state index contributed by atoms with van der Waals surface area (Å²) in [5.74, 6) is 2.50. The maximum Gasteiger partial charge on any atom is 0.161 e. The molecule has 0 saturated carbocycles. The first kappa shape index (κ1) is 22.7. The predicted octanol–water partition coefficient (Wildman–Crippen LogP) is 6.08. The molecule has 3 rings (SSSR count). The van der Waals surface area contributed by atoms with Gasteiger partial charge in [-0.3, -0.25) is 0 Å². The Kier molecular flexibility index (Phi) is 7.75. The van der Waals surface area contributed by atoms with E-state index in [0.29, 0.717) is 35.3 Å². The van der Waals surface area contributed by atoms with Crippen LogP contribution in [0.2, 0.25) is 0 Å². The molecule has 0 saturated heterocycles. The lowest BCUT2D eigenvalue weighted by Crippen LogP contribution is -1.97. The van der Waals surface area contributed by atoms with E-state index in [0.717, 1.165) is 11.1 Å². The van der Waals surface area contributed by atoms with Gasteiger partial charge in [0.05, 0.1) is 14.2 Å². The van der Waals surface area contributed by atoms with E-state index in [-0.39, 0.29) is 5.75 Å². The molecule has 0 atom stereocenters. The summed E-state index contributed by atoms with van der Waals surface area (Å²) in [6.45, 7) is 4.56. The maximum absolute atomic E-state index is 9.68. The quantitative estimate of drug-likeness (QED) is 0.412. The lowest BCUT2D eigenvalue weighted by Gasteiger charge is -2.10. The van der Waals surface area contributed by atoms with Gasteiger partial charge in [-0.2, -0.15) is 0 Å². The molecule has 1 aromatic heterocycles. The van der Waals surface area contributed by atoms with Crippen molar-refractivity contribution in [2.75, 3.05) is 20.8 Å². The number of ether oxygens (including phenoxy) is 3.